The van der Waals surface area contributed by atoms with Gasteiger partial charge in [-0.1, -0.05) is 0 Å². The van der Waals surface area contributed by atoms with Gasteiger partial charge in [0.05, 0.1) is 18.4 Å². The summed E-state index contributed by atoms with van der Waals surface area (Å²) < 4.78 is 42.8. The fraction of sp³-hybridized carbons (Fsp3) is 0.176. The van der Waals surface area contributed by atoms with Gasteiger partial charge in [0.25, 0.3) is 0 Å². The molecule has 0 radical (unpaired) electrons. The van der Waals surface area contributed by atoms with Crippen LogP contribution in [0.4, 0.5) is 13.2 Å². The number of carboxylic acid groups (broad SMARTS) is 1. The van der Waals surface area contributed by atoms with Crippen LogP contribution in [0.25, 0.3) is 5.69 Å². The molecule has 11 heteroatoms. The smallest absolute Gasteiger partial charge is 0.416 e. The van der Waals surface area contributed by atoms with Crippen molar-refractivity contribution < 1.29 is 32.6 Å². The molecule has 0 atom stereocenters. The molecule has 0 bridgehead atoms. The number of rotatable bonds is 3. The summed E-state index contributed by atoms with van der Waals surface area (Å²) in [5.74, 6) is -1.57. The number of carboxylic acids is 1. The summed E-state index contributed by atoms with van der Waals surface area (Å²) in [6.45, 7) is 1.57. The molecule has 0 aliphatic heterocycles. The van der Waals surface area contributed by atoms with Crippen LogP contribution < -0.4 is 0 Å². The van der Waals surface area contributed by atoms with E-state index in [1.165, 1.54) is 36.3 Å². The number of nitrogens with zero attached hydrogens (tertiary/aromatic N) is 3. The third kappa shape index (κ3) is 4.96. The number of halogens is 3. The van der Waals surface area contributed by atoms with Crippen LogP contribution in [0, 0.1) is 6.92 Å². The Bertz CT molecular complexity index is 948. The maximum atomic E-state index is 12.4. The predicted octanol–water partition coefficient (Wildman–Crippen LogP) is 3.09. The predicted molar refractivity (Wildman–Crippen MR) is 90.2 cm³/mol. The fourth-order valence-electron chi connectivity index (χ4n) is 2.09. The number of nitrogens with one attached hydrogen (secondary N) is 1. The van der Waals surface area contributed by atoms with E-state index in [9.17, 15) is 22.8 Å². The highest BCUT2D eigenvalue weighted by Gasteiger charge is 2.30. The van der Waals surface area contributed by atoms with Gasteiger partial charge < -0.3 is 9.84 Å². The Kier molecular flexibility index (Phi) is 6.18. The quantitative estimate of drug-likeness (QED) is 0.659. The summed E-state index contributed by atoms with van der Waals surface area (Å²) in [7, 11) is 1.32. The molecule has 0 saturated heterocycles. The van der Waals surface area contributed by atoms with Crippen molar-refractivity contribution in [3.05, 3.63) is 65.2 Å². The summed E-state index contributed by atoms with van der Waals surface area (Å²) in [5.41, 5.74) is 0.284. The van der Waals surface area contributed by atoms with E-state index in [1.54, 1.807) is 13.0 Å². The number of esters is 1. The minimum atomic E-state index is -4.40. The van der Waals surface area contributed by atoms with Gasteiger partial charge in [0, 0.05) is 18.0 Å². The van der Waals surface area contributed by atoms with Crippen LogP contribution in [-0.4, -0.2) is 44.1 Å². The SMILES string of the molecule is COC(=O)c1ccn[nH]1.Cc1cn(-c2ccc(C(F)(F)F)cc2)nc1C(=O)O. The van der Waals surface area contributed by atoms with Gasteiger partial charge in [-0.2, -0.15) is 23.4 Å². The molecule has 8 nitrogen and oxygen atoms in total. The van der Waals surface area contributed by atoms with E-state index in [4.69, 9.17) is 5.11 Å². The number of methoxy groups -OCH3 is 1. The highest BCUT2D eigenvalue weighted by molar-refractivity contribution is 5.87. The molecule has 2 aromatic heterocycles. The van der Waals surface area contributed by atoms with Gasteiger partial charge in [0.1, 0.15) is 5.69 Å². The Labute approximate surface area is 156 Å². The molecule has 28 heavy (non-hydrogen) atoms. The number of carbonyl (C=O) groups is 2. The molecular weight excluding hydrogens is 381 g/mol. The molecule has 3 aromatic rings. The van der Waals surface area contributed by atoms with E-state index < -0.39 is 23.7 Å². The van der Waals surface area contributed by atoms with E-state index in [1.807, 2.05) is 0 Å². The van der Waals surface area contributed by atoms with E-state index in [-0.39, 0.29) is 5.69 Å². The van der Waals surface area contributed by atoms with Crippen molar-refractivity contribution in [2.24, 2.45) is 0 Å². The molecule has 1 aromatic carbocycles. The minimum Gasteiger partial charge on any atom is -0.476 e. The molecule has 0 aliphatic rings. The lowest BCUT2D eigenvalue weighted by molar-refractivity contribution is -0.137. The third-order valence-corrected chi connectivity index (χ3v) is 3.46. The molecule has 0 amide bonds. The number of aromatic carboxylic acids is 1. The lowest BCUT2D eigenvalue weighted by Crippen LogP contribution is -2.05. The van der Waals surface area contributed by atoms with E-state index in [0.717, 1.165) is 12.1 Å². The van der Waals surface area contributed by atoms with E-state index >= 15 is 0 Å². The number of aromatic nitrogens is 4. The first-order chi connectivity index (χ1) is 13.1. The number of aromatic amines is 1. The third-order valence-electron chi connectivity index (χ3n) is 3.46. The maximum Gasteiger partial charge on any atom is 0.416 e. The van der Waals surface area contributed by atoms with Gasteiger partial charge in [-0.15, -0.1) is 0 Å². The number of hydrogen-bond donors (Lipinski definition) is 2. The Hall–Kier alpha value is -3.63. The monoisotopic (exact) mass is 396 g/mol. The highest BCUT2D eigenvalue weighted by Crippen LogP contribution is 2.29. The first kappa shape index (κ1) is 20.7. The molecule has 0 aliphatic carbocycles. The van der Waals surface area contributed by atoms with Crippen molar-refractivity contribution in [1.82, 2.24) is 20.0 Å². The first-order valence-electron chi connectivity index (χ1n) is 7.68. The van der Waals surface area contributed by atoms with Crippen molar-refractivity contribution in [1.29, 1.82) is 0 Å². The number of alkyl halides is 3. The van der Waals surface area contributed by atoms with Crippen LogP contribution in [0.3, 0.4) is 0 Å². The maximum absolute atomic E-state index is 12.4. The molecule has 2 N–H and O–H groups in total. The van der Waals surface area contributed by atoms with E-state index in [0.29, 0.717) is 16.9 Å². The zero-order chi connectivity index (χ0) is 20.9. The van der Waals surface area contributed by atoms with E-state index in [2.05, 4.69) is 20.0 Å². The summed E-state index contributed by atoms with van der Waals surface area (Å²) in [5, 5.41) is 18.7. The topological polar surface area (TPSA) is 110 Å². The number of carbonyl (C=O) groups excluding carboxylic acids is 1. The Balaban J connectivity index is 0.000000261. The van der Waals surface area contributed by atoms with Crippen LogP contribution in [0.2, 0.25) is 0 Å². The standard InChI is InChI=1S/C12H9F3N2O2.C5H6N2O2/c1-7-6-17(16-10(7)11(18)19)9-4-2-8(3-5-9)12(13,14)15;1-9-5(8)4-2-3-6-7-4/h2-6H,1H3,(H,18,19);2-3H,1H3,(H,6,7). The molecule has 0 spiro atoms. The van der Waals surface area contributed by atoms with Gasteiger partial charge in [-0.3, -0.25) is 5.10 Å². The fourth-order valence-corrected chi connectivity index (χ4v) is 2.09. The Morgan fingerprint density at radius 1 is 1.18 bits per heavy atom. The summed E-state index contributed by atoms with van der Waals surface area (Å²) in [6, 6.07) is 5.87. The first-order valence-corrected chi connectivity index (χ1v) is 7.68. The van der Waals surface area contributed by atoms with Crippen molar-refractivity contribution in [2.45, 2.75) is 13.1 Å². The van der Waals surface area contributed by atoms with Crippen molar-refractivity contribution >= 4 is 11.9 Å². The van der Waals surface area contributed by atoms with Gasteiger partial charge >= 0.3 is 18.1 Å². The number of hydrogen-bond acceptors (Lipinski definition) is 5. The zero-order valence-electron chi connectivity index (χ0n) is 14.7. The molecule has 0 fully saturated rings. The normalized spacial score (nSPS) is 10.8. The molecule has 0 unspecified atom stereocenters. The zero-order valence-corrected chi connectivity index (χ0v) is 14.7. The number of ether oxygens (including phenoxy) is 1. The molecule has 0 saturated carbocycles. The second kappa shape index (κ2) is 8.37. The van der Waals surface area contributed by atoms with Crippen molar-refractivity contribution in [3.63, 3.8) is 0 Å². The van der Waals surface area contributed by atoms with Crippen LogP contribution in [0.5, 0.6) is 0 Å². The number of benzene rings is 1. The summed E-state index contributed by atoms with van der Waals surface area (Å²) >= 11 is 0. The second-order valence-electron chi connectivity index (χ2n) is 5.42. The average Bonchev–Trinajstić information content (AvgIpc) is 3.31. The number of aryl methyl sites for hydroxylation is 1. The van der Waals surface area contributed by atoms with Crippen molar-refractivity contribution in [2.75, 3.05) is 7.11 Å². The minimum absolute atomic E-state index is 0.125. The summed E-state index contributed by atoms with van der Waals surface area (Å²) in [4.78, 5) is 21.4. The molecule has 3 rings (SSSR count). The Morgan fingerprint density at radius 3 is 2.25 bits per heavy atom. The van der Waals surface area contributed by atoms with Crippen LogP contribution in [0.1, 0.15) is 32.1 Å². The summed E-state index contributed by atoms with van der Waals surface area (Å²) in [6.07, 6.45) is -1.46. The van der Waals surface area contributed by atoms with Crippen LogP contribution in [-0.2, 0) is 10.9 Å². The van der Waals surface area contributed by atoms with Gasteiger partial charge in [-0.05, 0) is 37.3 Å². The Morgan fingerprint density at radius 2 is 1.82 bits per heavy atom. The number of H-pyrrole nitrogens is 1. The second-order valence-corrected chi connectivity index (χ2v) is 5.42. The largest absolute Gasteiger partial charge is 0.476 e. The van der Waals surface area contributed by atoms with Gasteiger partial charge in [0.2, 0.25) is 0 Å². The van der Waals surface area contributed by atoms with Crippen LogP contribution >= 0.6 is 0 Å². The lowest BCUT2D eigenvalue weighted by atomic mass is 10.2. The van der Waals surface area contributed by atoms with Crippen molar-refractivity contribution in [3.8, 4) is 5.69 Å². The average molecular weight is 396 g/mol. The van der Waals surface area contributed by atoms with Crippen LogP contribution in [0.15, 0.2) is 42.7 Å². The molecular formula is C17H15F3N4O4. The van der Waals surface area contributed by atoms with Gasteiger partial charge in [-0.25, -0.2) is 14.3 Å². The lowest BCUT2D eigenvalue weighted by Gasteiger charge is -2.07. The highest BCUT2D eigenvalue weighted by atomic mass is 19.4. The molecule has 2 heterocycles. The van der Waals surface area contributed by atoms with Gasteiger partial charge in [0.15, 0.2) is 5.69 Å². The molecule has 148 valence electrons.